The fourth-order valence-corrected chi connectivity index (χ4v) is 3.16. The van der Waals surface area contributed by atoms with Crippen LogP contribution in [0.3, 0.4) is 0 Å². The number of methoxy groups -OCH3 is 2. The van der Waals surface area contributed by atoms with Crippen LogP contribution >= 0.6 is 0 Å². The first-order valence-electron chi connectivity index (χ1n) is 10.1. The van der Waals surface area contributed by atoms with Gasteiger partial charge in [0, 0.05) is 14.2 Å². The van der Waals surface area contributed by atoms with Crippen molar-refractivity contribution in [2.24, 2.45) is 0 Å². The van der Waals surface area contributed by atoms with Crippen LogP contribution < -0.4 is 14.8 Å². The minimum absolute atomic E-state index is 0.121. The molecule has 0 aliphatic carbocycles. The van der Waals surface area contributed by atoms with Crippen molar-refractivity contribution < 1.29 is 38.0 Å². The zero-order chi connectivity index (χ0) is 23.6. The Morgan fingerprint density at radius 1 is 0.879 bits per heavy atom. The number of imide groups is 1. The second kappa shape index (κ2) is 11.9. The Kier molecular flexibility index (Phi) is 8.74. The largest absolute Gasteiger partial charge is 0.464 e. The SMILES string of the molecule is COCCOCOc1cc(-c2cccc3c2C(=O)NC3=O)cc(C#N)c1OCOCCOC. The molecule has 0 spiro atoms. The molecule has 1 N–H and O–H groups in total. The molecule has 0 radical (unpaired) electrons. The van der Waals surface area contributed by atoms with E-state index in [1.165, 1.54) is 0 Å². The number of nitriles is 1. The number of hydrogen-bond donors (Lipinski definition) is 1. The van der Waals surface area contributed by atoms with Crippen molar-refractivity contribution in [1.29, 1.82) is 5.26 Å². The third-order valence-electron chi connectivity index (χ3n) is 4.70. The van der Waals surface area contributed by atoms with Crippen molar-refractivity contribution in [3.63, 3.8) is 0 Å². The third kappa shape index (κ3) is 5.85. The Hall–Kier alpha value is -3.49. The number of rotatable bonds is 13. The van der Waals surface area contributed by atoms with Gasteiger partial charge in [-0.2, -0.15) is 5.26 Å². The first kappa shape index (κ1) is 24.2. The van der Waals surface area contributed by atoms with Crippen LogP contribution in [0.1, 0.15) is 26.3 Å². The Morgan fingerprint density at radius 3 is 2.21 bits per heavy atom. The van der Waals surface area contributed by atoms with E-state index in [4.69, 9.17) is 28.4 Å². The van der Waals surface area contributed by atoms with Crippen LogP contribution in [-0.4, -0.2) is 66.0 Å². The molecule has 1 heterocycles. The molecule has 0 saturated heterocycles. The van der Waals surface area contributed by atoms with E-state index in [-0.39, 0.29) is 41.8 Å². The van der Waals surface area contributed by atoms with E-state index in [0.29, 0.717) is 37.6 Å². The first-order chi connectivity index (χ1) is 16.1. The van der Waals surface area contributed by atoms with Gasteiger partial charge in [0.2, 0.25) is 0 Å². The van der Waals surface area contributed by atoms with Gasteiger partial charge in [0.1, 0.15) is 6.07 Å². The van der Waals surface area contributed by atoms with E-state index < -0.39 is 11.8 Å². The maximum atomic E-state index is 12.4. The molecule has 2 aromatic rings. The second-order valence-electron chi connectivity index (χ2n) is 6.80. The molecule has 0 atom stereocenters. The summed E-state index contributed by atoms with van der Waals surface area (Å²) in [4.78, 5) is 24.4. The molecule has 0 aromatic heterocycles. The summed E-state index contributed by atoms with van der Waals surface area (Å²) in [6.07, 6.45) is 0. The van der Waals surface area contributed by atoms with Crippen molar-refractivity contribution in [3.05, 3.63) is 47.0 Å². The molecule has 0 fully saturated rings. The third-order valence-corrected chi connectivity index (χ3v) is 4.70. The maximum Gasteiger partial charge on any atom is 0.259 e. The van der Waals surface area contributed by atoms with Crippen molar-refractivity contribution >= 4 is 11.8 Å². The van der Waals surface area contributed by atoms with Gasteiger partial charge < -0.3 is 28.4 Å². The van der Waals surface area contributed by atoms with Gasteiger partial charge in [-0.15, -0.1) is 0 Å². The molecule has 1 aliphatic heterocycles. The predicted molar refractivity (Wildman–Crippen MR) is 115 cm³/mol. The average molecular weight is 456 g/mol. The van der Waals surface area contributed by atoms with E-state index in [1.54, 1.807) is 44.6 Å². The molecule has 10 nitrogen and oxygen atoms in total. The smallest absolute Gasteiger partial charge is 0.259 e. The molecule has 33 heavy (non-hydrogen) atoms. The van der Waals surface area contributed by atoms with Gasteiger partial charge in [-0.05, 0) is 29.3 Å². The highest BCUT2D eigenvalue weighted by molar-refractivity contribution is 6.24. The summed E-state index contributed by atoms with van der Waals surface area (Å²) in [6.45, 7) is 1.16. The molecule has 10 heteroatoms. The van der Waals surface area contributed by atoms with E-state index in [9.17, 15) is 14.9 Å². The zero-order valence-corrected chi connectivity index (χ0v) is 18.3. The normalized spacial score (nSPS) is 12.3. The summed E-state index contributed by atoms with van der Waals surface area (Å²) in [6, 6.07) is 10.2. The van der Waals surface area contributed by atoms with Gasteiger partial charge >= 0.3 is 0 Å². The molecular formula is C23H24N2O8. The number of ether oxygens (including phenoxy) is 6. The Labute approximate surface area is 190 Å². The molecule has 0 unspecified atom stereocenters. The number of fused-ring (bicyclic) bond motifs is 1. The average Bonchev–Trinajstić information content (AvgIpc) is 3.12. The second-order valence-corrected chi connectivity index (χ2v) is 6.80. The zero-order valence-electron chi connectivity index (χ0n) is 18.3. The van der Waals surface area contributed by atoms with Gasteiger partial charge in [0.15, 0.2) is 25.1 Å². The van der Waals surface area contributed by atoms with Crippen LogP contribution in [0.25, 0.3) is 11.1 Å². The highest BCUT2D eigenvalue weighted by Gasteiger charge is 2.30. The van der Waals surface area contributed by atoms with E-state index >= 15 is 0 Å². The lowest BCUT2D eigenvalue weighted by Gasteiger charge is -2.17. The Morgan fingerprint density at radius 2 is 1.55 bits per heavy atom. The van der Waals surface area contributed by atoms with Gasteiger partial charge in [0.25, 0.3) is 11.8 Å². The lowest BCUT2D eigenvalue weighted by atomic mass is 9.95. The number of carbonyl (C=O) groups excluding carboxylic acids is 2. The monoisotopic (exact) mass is 456 g/mol. The summed E-state index contributed by atoms with van der Waals surface area (Å²) in [5.74, 6) is -0.573. The Bertz CT molecular complexity index is 1050. The standard InChI is InChI=1S/C23H24N2O8/c1-28-6-8-30-13-32-19-11-15(10-16(12-24)21(19)33-14-31-9-7-29-2)17-4-3-5-18-20(17)23(27)25-22(18)26/h3-5,10-11H,6-9,13-14H2,1-2H3,(H,25,26,27). The van der Waals surface area contributed by atoms with Gasteiger partial charge in [-0.25, -0.2) is 0 Å². The molecule has 3 rings (SSSR count). The Balaban J connectivity index is 1.94. The minimum atomic E-state index is -0.499. The number of benzene rings is 2. The van der Waals surface area contributed by atoms with Crippen LogP contribution in [0.15, 0.2) is 30.3 Å². The molecular weight excluding hydrogens is 432 g/mol. The number of carbonyl (C=O) groups is 2. The summed E-state index contributed by atoms with van der Waals surface area (Å²) in [5.41, 5.74) is 1.67. The van der Waals surface area contributed by atoms with Gasteiger partial charge in [0.05, 0.1) is 43.1 Å². The first-order valence-corrected chi connectivity index (χ1v) is 10.1. The molecule has 2 aromatic carbocycles. The van der Waals surface area contributed by atoms with E-state index in [2.05, 4.69) is 11.4 Å². The van der Waals surface area contributed by atoms with Crippen LogP contribution in [0, 0.1) is 11.3 Å². The predicted octanol–water partition coefficient (Wildman–Crippen LogP) is 2.11. The molecule has 1 aliphatic rings. The van der Waals surface area contributed by atoms with Crippen molar-refractivity contribution in [2.75, 3.05) is 54.2 Å². The fraction of sp³-hybridized carbons (Fsp3) is 0.348. The molecule has 0 bridgehead atoms. The van der Waals surface area contributed by atoms with Crippen molar-refractivity contribution in [3.8, 4) is 28.7 Å². The lowest BCUT2D eigenvalue weighted by molar-refractivity contribution is -0.0208. The number of amides is 2. The maximum absolute atomic E-state index is 12.4. The van der Waals surface area contributed by atoms with Crippen molar-refractivity contribution in [2.45, 2.75) is 0 Å². The quantitative estimate of drug-likeness (QED) is 0.274. The summed E-state index contributed by atoms with van der Waals surface area (Å²) >= 11 is 0. The van der Waals surface area contributed by atoms with Crippen LogP contribution in [0.2, 0.25) is 0 Å². The van der Waals surface area contributed by atoms with E-state index in [0.717, 1.165) is 0 Å². The van der Waals surface area contributed by atoms with Gasteiger partial charge in [-0.1, -0.05) is 12.1 Å². The summed E-state index contributed by atoms with van der Waals surface area (Å²) in [7, 11) is 3.11. The molecule has 2 amide bonds. The molecule has 174 valence electrons. The lowest BCUT2D eigenvalue weighted by Crippen LogP contribution is -2.20. The number of nitrogens with one attached hydrogen (secondary N) is 1. The topological polar surface area (TPSA) is 125 Å². The minimum Gasteiger partial charge on any atom is -0.464 e. The summed E-state index contributed by atoms with van der Waals surface area (Å²) in [5, 5.41) is 12.0. The van der Waals surface area contributed by atoms with Crippen LogP contribution in [0.5, 0.6) is 11.5 Å². The molecule has 0 saturated carbocycles. The summed E-state index contributed by atoms with van der Waals surface area (Å²) < 4.78 is 32.0. The van der Waals surface area contributed by atoms with E-state index in [1.807, 2.05) is 0 Å². The van der Waals surface area contributed by atoms with Crippen LogP contribution in [-0.2, 0) is 18.9 Å². The number of nitrogens with zero attached hydrogens (tertiary/aromatic N) is 1. The highest BCUT2D eigenvalue weighted by Crippen LogP contribution is 2.38. The fourth-order valence-electron chi connectivity index (χ4n) is 3.16. The number of hydrogen-bond acceptors (Lipinski definition) is 9. The van der Waals surface area contributed by atoms with Crippen molar-refractivity contribution in [1.82, 2.24) is 5.32 Å². The van der Waals surface area contributed by atoms with Crippen LogP contribution in [0.4, 0.5) is 0 Å². The van der Waals surface area contributed by atoms with Gasteiger partial charge in [-0.3, -0.25) is 14.9 Å². The highest BCUT2D eigenvalue weighted by atomic mass is 16.7.